The van der Waals surface area contributed by atoms with Crippen LogP contribution in [0.5, 0.6) is 0 Å². The molecule has 1 amide bonds. The number of benzene rings is 1. The van der Waals surface area contributed by atoms with Gasteiger partial charge in [0.1, 0.15) is 6.04 Å². The zero-order chi connectivity index (χ0) is 9.59. The van der Waals surface area contributed by atoms with Crippen LogP contribution in [0.2, 0.25) is 0 Å². The molecule has 1 heterocycles. The molecule has 4 heteroatoms. The van der Waals surface area contributed by atoms with E-state index < -0.39 is 6.04 Å². The Morgan fingerprint density at radius 1 is 1.43 bits per heavy atom. The maximum atomic E-state index is 11.5. The van der Waals surface area contributed by atoms with E-state index in [1.54, 1.807) is 11.9 Å². The van der Waals surface area contributed by atoms with E-state index in [2.05, 4.69) is 0 Å². The molecule has 0 bridgehead atoms. The van der Waals surface area contributed by atoms with Crippen LogP contribution in [0, 0.1) is 6.92 Å². The monoisotopic (exact) mass is 212 g/mol. The van der Waals surface area contributed by atoms with Crippen LogP contribution < -0.4 is 10.6 Å². The summed E-state index contributed by atoms with van der Waals surface area (Å²) in [7, 11) is 1.75. The van der Waals surface area contributed by atoms with E-state index in [-0.39, 0.29) is 18.3 Å². The van der Waals surface area contributed by atoms with Gasteiger partial charge in [-0.15, -0.1) is 12.4 Å². The number of carbonyl (C=O) groups excluding carboxylic acids is 1. The fourth-order valence-corrected chi connectivity index (χ4v) is 1.69. The first-order chi connectivity index (χ1) is 6.11. The highest BCUT2D eigenvalue weighted by molar-refractivity contribution is 6.04. The van der Waals surface area contributed by atoms with E-state index >= 15 is 0 Å². The third kappa shape index (κ3) is 1.38. The fraction of sp³-hybridized carbons (Fsp3) is 0.300. The predicted octanol–water partition coefficient (Wildman–Crippen LogP) is 1.39. The largest absolute Gasteiger partial charge is 0.316 e. The molecule has 2 N–H and O–H groups in total. The molecule has 0 aromatic heterocycles. The number of carbonyl (C=O) groups is 1. The van der Waals surface area contributed by atoms with Gasteiger partial charge in [-0.05, 0) is 13.0 Å². The van der Waals surface area contributed by atoms with E-state index in [0.717, 1.165) is 16.8 Å². The van der Waals surface area contributed by atoms with E-state index in [4.69, 9.17) is 5.73 Å². The summed E-state index contributed by atoms with van der Waals surface area (Å²) >= 11 is 0. The first kappa shape index (κ1) is 11.0. The van der Waals surface area contributed by atoms with Gasteiger partial charge in [-0.1, -0.05) is 17.7 Å². The zero-order valence-electron chi connectivity index (χ0n) is 8.15. The van der Waals surface area contributed by atoms with Crippen LogP contribution in [-0.2, 0) is 4.79 Å². The van der Waals surface area contributed by atoms with Gasteiger partial charge in [-0.3, -0.25) is 4.79 Å². The Morgan fingerprint density at radius 3 is 2.71 bits per heavy atom. The minimum Gasteiger partial charge on any atom is -0.316 e. The molecular weight excluding hydrogens is 200 g/mol. The van der Waals surface area contributed by atoms with E-state index in [0.29, 0.717) is 0 Å². The first-order valence-electron chi connectivity index (χ1n) is 4.25. The quantitative estimate of drug-likeness (QED) is 0.707. The number of halogens is 1. The molecule has 1 unspecified atom stereocenters. The molecule has 2 rings (SSSR count). The van der Waals surface area contributed by atoms with E-state index in [1.165, 1.54) is 0 Å². The summed E-state index contributed by atoms with van der Waals surface area (Å²) in [5, 5.41) is 0. The molecule has 0 radical (unpaired) electrons. The average Bonchev–Trinajstić information content (AvgIpc) is 2.32. The molecule has 1 aromatic rings. The molecular formula is C10H13ClN2O. The van der Waals surface area contributed by atoms with Gasteiger partial charge in [-0.2, -0.15) is 0 Å². The lowest BCUT2D eigenvalue weighted by Crippen LogP contribution is -2.27. The molecule has 1 aliphatic heterocycles. The number of aryl methyl sites for hydroxylation is 1. The van der Waals surface area contributed by atoms with Gasteiger partial charge in [0.15, 0.2) is 0 Å². The van der Waals surface area contributed by atoms with Crippen molar-refractivity contribution >= 4 is 24.0 Å². The van der Waals surface area contributed by atoms with Crippen LogP contribution in [-0.4, -0.2) is 13.0 Å². The maximum absolute atomic E-state index is 11.5. The van der Waals surface area contributed by atoms with E-state index in [1.807, 2.05) is 25.1 Å². The van der Waals surface area contributed by atoms with Crippen LogP contribution in [0.3, 0.4) is 0 Å². The molecule has 3 nitrogen and oxygen atoms in total. The number of hydrogen-bond acceptors (Lipinski definition) is 2. The lowest BCUT2D eigenvalue weighted by Gasteiger charge is -2.09. The molecule has 0 aliphatic carbocycles. The van der Waals surface area contributed by atoms with Crippen molar-refractivity contribution in [1.29, 1.82) is 0 Å². The van der Waals surface area contributed by atoms with Gasteiger partial charge in [0.25, 0.3) is 0 Å². The highest BCUT2D eigenvalue weighted by Crippen LogP contribution is 2.33. The number of fused-ring (bicyclic) bond motifs is 1. The van der Waals surface area contributed by atoms with Crippen molar-refractivity contribution in [3.8, 4) is 0 Å². The van der Waals surface area contributed by atoms with Gasteiger partial charge in [0, 0.05) is 18.3 Å². The summed E-state index contributed by atoms with van der Waals surface area (Å²) in [5.74, 6) is -0.0272. The summed E-state index contributed by atoms with van der Waals surface area (Å²) in [6, 6.07) is 5.43. The van der Waals surface area contributed by atoms with Crippen molar-refractivity contribution in [2.24, 2.45) is 5.73 Å². The van der Waals surface area contributed by atoms with Crippen LogP contribution in [0.25, 0.3) is 0 Å². The number of nitrogens with zero attached hydrogens (tertiary/aromatic N) is 1. The van der Waals surface area contributed by atoms with Gasteiger partial charge in [0.2, 0.25) is 5.91 Å². The van der Waals surface area contributed by atoms with Crippen LogP contribution in [0.4, 0.5) is 5.69 Å². The zero-order valence-corrected chi connectivity index (χ0v) is 8.97. The standard InChI is InChI=1S/C10H12N2O.ClH/c1-6-3-4-8-7(5-6)9(11)10(13)12(8)2;/h3-5,9H,11H2,1-2H3;1H. The molecule has 0 saturated heterocycles. The first-order valence-corrected chi connectivity index (χ1v) is 4.25. The summed E-state index contributed by atoms with van der Waals surface area (Å²) in [6.45, 7) is 2.00. The minimum atomic E-state index is -0.472. The minimum absolute atomic E-state index is 0. The molecule has 1 aliphatic rings. The molecule has 1 aromatic carbocycles. The Balaban J connectivity index is 0.000000980. The predicted molar refractivity (Wildman–Crippen MR) is 58.8 cm³/mol. The molecule has 0 saturated carbocycles. The van der Waals surface area contributed by atoms with Crippen molar-refractivity contribution in [3.05, 3.63) is 29.3 Å². The Labute approximate surface area is 89.3 Å². The van der Waals surface area contributed by atoms with Crippen LogP contribution in [0.15, 0.2) is 18.2 Å². The molecule has 14 heavy (non-hydrogen) atoms. The highest BCUT2D eigenvalue weighted by atomic mass is 35.5. The second-order valence-electron chi connectivity index (χ2n) is 3.44. The summed E-state index contributed by atoms with van der Waals surface area (Å²) in [6.07, 6.45) is 0. The van der Waals surface area contributed by atoms with Crippen molar-refractivity contribution in [2.45, 2.75) is 13.0 Å². The van der Waals surface area contributed by atoms with Gasteiger partial charge < -0.3 is 10.6 Å². The Hall–Kier alpha value is -1.06. The fourth-order valence-electron chi connectivity index (χ4n) is 1.69. The van der Waals surface area contributed by atoms with Crippen molar-refractivity contribution in [3.63, 3.8) is 0 Å². The normalized spacial score (nSPS) is 19.2. The summed E-state index contributed by atoms with van der Waals surface area (Å²) in [4.78, 5) is 13.1. The van der Waals surface area contributed by atoms with E-state index in [9.17, 15) is 4.79 Å². The highest BCUT2D eigenvalue weighted by Gasteiger charge is 2.31. The third-order valence-electron chi connectivity index (χ3n) is 2.48. The number of amides is 1. The Morgan fingerprint density at radius 2 is 2.07 bits per heavy atom. The molecule has 0 fully saturated rings. The van der Waals surface area contributed by atoms with Crippen molar-refractivity contribution in [2.75, 3.05) is 11.9 Å². The maximum Gasteiger partial charge on any atom is 0.248 e. The second-order valence-corrected chi connectivity index (χ2v) is 3.44. The number of anilines is 1. The summed E-state index contributed by atoms with van der Waals surface area (Å²) < 4.78 is 0. The number of hydrogen-bond donors (Lipinski definition) is 1. The Kier molecular flexibility index (Phi) is 2.83. The lowest BCUT2D eigenvalue weighted by atomic mass is 10.1. The van der Waals surface area contributed by atoms with Gasteiger partial charge >= 0.3 is 0 Å². The molecule has 76 valence electrons. The second kappa shape index (κ2) is 3.59. The number of rotatable bonds is 0. The lowest BCUT2D eigenvalue weighted by molar-refractivity contribution is -0.118. The number of likely N-dealkylation sites (N-methyl/N-ethyl adjacent to an activating group) is 1. The number of nitrogens with two attached hydrogens (primary N) is 1. The van der Waals surface area contributed by atoms with Crippen LogP contribution in [0.1, 0.15) is 17.2 Å². The van der Waals surface area contributed by atoms with Crippen LogP contribution >= 0.6 is 12.4 Å². The average molecular weight is 213 g/mol. The smallest absolute Gasteiger partial charge is 0.248 e. The third-order valence-corrected chi connectivity index (χ3v) is 2.48. The van der Waals surface area contributed by atoms with Gasteiger partial charge in [-0.25, -0.2) is 0 Å². The van der Waals surface area contributed by atoms with Gasteiger partial charge in [0.05, 0.1) is 0 Å². The molecule has 1 atom stereocenters. The molecule has 0 spiro atoms. The van der Waals surface area contributed by atoms with Crippen molar-refractivity contribution < 1.29 is 4.79 Å². The topological polar surface area (TPSA) is 46.3 Å². The van der Waals surface area contributed by atoms with Crippen molar-refractivity contribution in [1.82, 2.24) is 0 Å². The Bertz CT molecular complexity index is 378. The summed E-state index contributed by atoms with van der Waals surface area (Å²) in [5.41, 5.74) is 8.77. The SMILES string of the molecule is Cc1ccc2c(c1)C(N)C(=O)N2C.Cl.